The first-order valence-electron chi connectivity index (χ1n) is 28.1. The molecule has 0 radical (unpaired) electrons. The molecule has 3 saturated heterocycles. The van der Waals surface area contributed by atoms with Crippen molar-refractivity contribution < 1.29 is 17.3 Å². The van der Waals surface area contributed by atoms with Crippen LogP contribution in [-0.2, 0) is 37.4 Å². The molecule has 386 valence electrons. The van der Waals surface area contributed by atoms with Crippen LogP contribution in [0.2, 0.25) is 0 Å². The Morgan fingerprint density at radius 3 is 0.718 bits per heavy atom. The Balaban J connectivity index is 1.26. The Hall–Kier alpha value is -6.09. The summed E-state index contributed by atoms with van der Waals surface area (Å²) in [5.74, 6) is -3.72. The summed E-state index contributed by atoms with van der Waals surface area (Å²) in [6.07, 6.45) is 0. The molecule has 7 aliphatic rings. The predicted molar refractivity (Wildman–Crippen MR) is 319 cm³/mol. The van der Waals surface area contributed by atoms with Crippen LogP contribution < -0.4 is 17.6 Å². The fourth-order valence-corrected chi connectivity index (χ4v) is 46.5. The minimum absolute atomic E-state index is 0.428. The molecule has 4 aliphatic heterocycles. The van der Waals surface area contributed by atoms with Crippen molar-refractivity contribution in [3.8, 4) is 22.3 Å². The molecule has 0 amide bonds. The second-order valence-corrected chi connectivity index (χ2v) is 38.5. The van der Waals surface area contributed by atoms with E-state index in [4.69, 9.17) is 9.78 Å². The molecule has 9 aromatic carbocycles. The fourth-order valence-electron chi connectivity index (χ4n) is 18.7. The van der Waals surface area contributed by atoms with Crippen molar-refractivity contribution in [3.05, 3.63) is 270 Å². The van der Waals surface area contributed by atoms with Crippen LogP contribution in [0.1, 0.15) is 100 Å². The van der Waals surface area contributed by atoms with Crippen LogP contribution in [0.4, 0.5) is 0 Å². The topological polar surface area (TPSA) is 36.9 Å². The summed E-state index contributed by atoms with van der Waals surface area (Å²) in [7, 11) is 0. The standard InChI is InChI=1S/C72H66Ge2O4/c1-41-33-45(5)63(46(6)34-41)73(64-47(7)35-42(2)36-48(64)8)69(57-27-17-13-23-53(57)54-24-14-18-28-58(54)69)67-68-70(59-29-19-15-25-55(59)56-26-16-20-30-60(56)70)74(65-49(9)37-43(3)38-50(65)10,66-51(11)39-44(4)40-52(66)12)76-72(68)62-32-22-21-31-61(62)71(67,75-73)77-78-72/h13-40,67-68H,1-12H3/t67-,68-,71-,72+/m1/s1. The normalized spacial score (nSPS) is 23.2. The van der Waals surface area contributed by atoms with Crippen LogP contribution in [0, 0.1) is 94.9 Å². The summed E-state index contributed by atoms with van der Waals surface area (Å²) in [5, 5.41) is 0. The molecule has 0 unspecified atom stereocenters. The quantitative estimate of drug-likeness (QED) is 0.130. The first-order chi connectivity index (χ1) is 37.5. The molecule has 6 heteroatoms. The summed E-state index contributed by atoms with van der Waals surface area (Å²) in [6, 6.07) is 66.2. The zero-order chi connectivity index (χ0) is 53.8. The van der Waals surface area contributed by atoms with Crippen molar-refractivity contribution in [1.29, 1.82) is 0 Å². The maximum atomic E-state index is 9.28. The molecule has 0 N–H and O–H groups in total. The molecule has 2 bridgehead atoms. The van der Waals surface area contributed by atoms with E-state index >= 15 is 0 Å². The molecule has 0 aromatic heterocycles. The molecule has 3 aliphatic carbocycles. The van der Waals surface area contributed by atoms with Crippen molar-refractivity contribution in [2.45, 2.75) is 103 Å². The van der Waals surface area contributed by atoms with E-state index < -0.39 is 59.1 Å². The van der Waals surface area contributed by atoms with Crippen LogP contribution in [0.15, 0.2) is 170 Å². The first-order valence-corrected chi connectivity index (χ1v) is 36.1. The van der Waals surface area contributed by atoms with Gasteiger partial charge < -0.3 is 0 Å². The number of hydrogen-bond acceptors (Lipinski definition) is 4. The predicted octanol–water partition coefficient (Wildman–Crippen LogP) is 13.5. The maximum absolute atomic E-state index is 9.28. The molecule has 4 nitrogen and oxygen atoms in total. The Morgan fingerprint density at radius 2 is 0.487 bits per heavy atom. The van der Waals surface area contributed by atoms with Crippen LogP contribution >= 0.6 is 0 Å². The van der Waals surface area contributed by atoms with E-state index in [-0.39, 0.29) is 0 Å². The number of benzene rings is 9. The van der Waals surface area contributed by atoms with Gasteiger partial charge in [-0.2, -0.15) is 0 Å². The third-order valence-corrected chi connectivity index (χ3v) is 43.2. The van der Waals surface area contributed by atoms with Crippen LogP contribution in [0.5, 0.6) is 0 Å². The average molecular weight is 1140 g/mol. The van der Waals surface area contributed by atoms with E-state index in [1.54, 1.807) is 0 Å². The summed E-state index contributed by atoms with van der Waals surface area (Å²) in [4.78, 5) is 15.7. The van der Waals surface area contributed by atoms with Gasteiger partial charge >= 0.3 is 469 Å². The SMILES string of the molecule is Cc1cc(C)[c]([Ge]2([c]3c(C)cc(C)cc3C)[O][C@]34OO[C@@]5([O][Ge]([c]6c(C)cc(C)cc6C)([c]6c(C)cc(C)cc6C)[C]6(c7ccccc7-c7ccccc76)[C@H]5[C@@H]3[C]23c2ccccc2-c2ccccc23)c2ccccc24)c(C)c1. The average Bonchev–Trinajstić information content (AvgIpc) is 1.58. The van der Waals surface area contributed by atoms with E-state index in [2.05, 4.69) is 253 Å². The Kier molecular flexibility index (Phi) is 10.2. The second kappa shape index (κ2) is 16.3. The van der Waals surface area contributed by atoms with Gasteiger partial charge in [0.1, 0.15) is 0 Å². The Labute approximate surface area is 466 Å². The zero-order valence-electron chi connectivity index (χ0n) is 47.0. The molecule has 3 fully saturated rings. The zero-order valence-corrected chi connectivity index (χ0v) is 51.1. The summed E-state index contributed by atoms with van der Waals surface area (Å²) < 4.78 is 22.3. The minimum atomic E-state index is -4.98. The van der Waals surface area contributed by atoms with Gasteiger partial charge in [-0.05, 0) is 0 Å². The Morgan fingerprint density at radius 1 is 0.282 bits per heavy atom. The summed E-state index contributed by atoms with van der Waals surface area (Å²) in [6.45, 7) is 27.9. The van der Waals surface area contributed by atoms with Crippen molar-refractivity contribution >= 4 is 44.8 Å². The number of fused-ring (bicyclic) bond motifs is 11. The molecule has 9 aromatic rings. The van der Waals surface area contributed by atoms with E-state index in [9.17, 15) is 7.53 Å². The van der Waals surface area contributed by atoms with Gasteiger partial charge in [0.15, 0.2) is 0 Å². The van der Waals surface area contributed by atoms with Crippen molar-refractivity contribution in [1.82, 2.24) is 0 Å². The van der Waals surface area contributed by atoms with Crippen LogP contribution in [-0.4, -0.2) is 27.2 Å². The van der Waals surface area contributed by atoms with E-state index in [0.717, 1.165) is 11.1 Å². The van der Waals surface area contributed by atoms with Gasteiger partial charge in [-0.15, -0.1) is 0 Å². The van der Waals surface area contributed by atoms with Gasteiger partial charge in [-0.3, -0.25) is 0 Å². The molecule has 0 saturated carbocycles. The molecular weight excluding hydrogens is 1070 g/mol. The molecular formula is C72H66Ge2O4. The number of aryl methyl sites for hydroxylation is 12. The monoisotopic (exact) mass is 1140 g/mol. The van der Waals surface area contributed by atoms with Crippen molar-refractivity contribution in [3.63, 3.8) is 0 Å². The summed E-state index contributed by atoms with van der Waals surface area (Å²) in [5.41, 5.74) is 27.5. The van der Waals surface area contributed by atoms with Crippen LogP contribution in [0.3, 0.4) is 0 Å². The third kappa shape index (κ3) is 5.49. The van der Waals surface area contributed by atoms with Gasteiger partial charge in [0.25, 0.3) is 0 Å². The van der Waals surface area contributed by atoms with Crippen molar-refractivity contribution in [2.24, 2.45) is 11.8 Å². The van der Waals surface area contributed by atoms with E-state index in [1.807, 2.05) is 0 Å². The van der Waals surface area contributed by atoms with Gasteiger partial charge in [0.05, 0.1) is 0 Å². The molecule has 78 heavy (non-hydrogen) atoms. The summed E-state index contributed by atoms with van der Waals surface area (Å²) >= 11 is -9.95. The fraction of sp³-hybridized carbons (Fsp3) is 0.250. The van der Waals surface area contributed by atoms with Gasteiger partial charge in [0.2, 0.25) is 0 Å². The van der Waals surface area contributed by atoms with Gasteiger partial charge in [0, 0.05) is 0 Å². The van der Waals surface area contributed by atoms with E-state index in [1.165, 1.54) is 129 Å². The molecule has 4 spiro atoms. The molecule has 4 atom stereocenters. The molecule has 4 heterocycles. The van der Waals surface area contributed by atoms with Crippen LogP contribution in [0.25, 0.3) is 22.3 Å². The first kappa shape index (κ1) is 49.0. The molecule has 16 rings (SSSR count). The Bertz CT molecular complexity index is 3590. The third-order valence-electron chi connectivity index (χ3n) is 19.9. The number of hydrogen-bond donors (Lipinski definition) is 0. The van der Waals surface area contributed by atoms with Crippen molar-refractivity contribution in [2.75, 3.05) is 0 Å². The van der Waals surface area contributed by atoms with Gasteiger partial charge in [-0.1, -0.05) is 0 Å². The van der Waals surface area contributed by atoms with E-state index in [0.29, 0.717) is 0 Å². The number of rotatable bonds is 4. The second-order valence-electron chi connectivity index (χ2n) is 24.5. The van der Waals surface area contributed by atoms with Gasteiger partial charge in [-0.25, -0.2) is 0 Å².